The van der Waals surface area contributed by atoms with E-state index in [9.17, 15) is 38.4 Å². The fourth-order valence-corrected chi connectivity index (χ4v) is 5.37. The molecule has 1 saturated heterocycles. The molecule has 0 unspecified atom stereocenters. The van der Waals surface area contributed by atoms with Crippen molar-refractivity contribution in [2.45, 2.75) is 84.8 Å². The summed E-state index contributed by atoms with van der Waals surface area (Å²) in [4.78, 5) is 103. The van der Waals surface area contributed by atoms with Gasteiger partial charge < -0.3 is 41.7 Å². The smallest absolute Gasteiger partial charge is 0.243 e. The first-order chi connectivity index (χ1) is 22.1. The Morgan fingerprint density at radius 1 is 0.723 bits per heavy atom. The molecule has 16 nitrogen and oxygen atoms in total. The van der Waals surface area contributed by atoms with Crippen molar-refractivity contribution in [1.29, 1.82) is 0 Å². The van der Waals surface area contributed by atoms with Gasteiger partial charge >= 0.3 is 0 Å². The molecule has 3 atom stereocenters. The number of thioether (sulfide) groups is 1. The predicted octanol–water partition coefficient (Wildman–Crippen LogP) is -1.26. The van der Waals surface area contributed by atoms with Gasteiger partial charge in [0.2, 0.25) is 47.3 Å². The zero-order chi connectivity index (χ0) is 35.7. The highest BCUT2D eigenvalue weighted by Gasteiger charge is 2.32. The molecule has 1 fully saturated rings. The summed E-state index contributed by atoms with van der Waals surface area (Å²) in [5.74, 6) is -2.65. The molecule has 0 radical (unpaired) electrons. The summed E-state index contributed by atoms with van der Waals surface area (Å²) >= 11 is 5.55. The van der Waals surface area contributed by atoms with Gasteiger partial charge in [-0.15, -0.1) is 0 Å². The van der Waals surface area contributed by atoms with Gasteiger partial charge in [0.1, 0.15) is 18.1 Å². The topological polar surface area (TPSA) is 220 Å². The molecule has 0 aromatic rings. The molecular formula is C29H50N8O8S2. The van der Waals surface area contributed by atoms with Crippen LogP contribution in [0.5, 0.6) is 0 Å². The van der Waals surface area contributed by atoms with E-state index in [0.717, 1.165) is 0 Å². The number of nitrogens with zero attached hydrogens (tertiary/aromatic N) is 3. The number of rotatable bonds is 19. The van der Waals surface area contributed by atoms with Crippen LogP contribution in [0.3, 0.4) is 0 Å². The van der Waals surface area contributed by atoms with Gasteiger partial charge in [-0.1, -0.05) is 27.7 Å². The summed E-state index contributed by atoms with van der Waals surface area (Å²) in [5.41, 5.74) is 5.14. The van der Waals surface area contributed by atoms with Gasteiger partial charge in [-0.2, -0.15) is 24.4 Å². The minimum Gasteiger partial charge on any atom is -0.368 e. The van der Waals surface area contributed by atoms with Crippen molar-refractivity contribution in [2.75, 3.05) is 43.8 Å². The molecule has 0 spiro atoms. The minimum absolute atomic E-state index is 0.00772. The molecule has 0 aliphatic carbocycles. The molecule has 1 heterocycles. The first kappa shape index (κ1) is 41.5. The van der Waals surface area contributed by atoms with E-state index in [-0.39, 0.29) is 94.0 Å². The second-order valence-corrected chi connectivity index (χ2v) is 12.9. The van der Waals surface area contributed by atoms with Crippen molar-refractivity contribution in [3.05, 3.63) is 0 Å². The molecule has 47 heavy (non-hydrogen) atoms. The van der Waals surface area contributed by atoms with Gasteiger partial charge in [0.05, 0.1) is 20.0 Å². The van der Waals surface area contributed by atoms with Crippen LogP contribution in [0, 0.1) is 5.92 Å². The number of nitrogens with two attached hydrogens (primary N) is 1. The summed E-state index contributed by atoms with van der Waals surface area (Å²) in [6.07, 6.45) is 0.531. The Labute approximate surface area is 285 Å². The van der Waals surface area contributed by atoms with Gasteiger partial charge in [-0.3, -0.25) is 38.4 Å². The number of thiol groups is 1. The van der Waals surface area contributed by atoms with E-state index in [2.05, 4.69) is 33.9 Å². The lowest BCUT2D eigenvalue weighted by molar-refractivity contribution is -0.158. The minimum atomic E-state index is -1.01. The molecule has 6 N–H and O–H groups in total. The molecular weight excluding hydrogens is 653 g/mol. The quantitative estimate of drug-likeness (QED) is 0.0698. The normalized spacial score (nSPS) is 14.9. The number of hydrogen-bond acceptors (Lipinski definition) is 10. The Hall–Kier alpha value is -3.54. The van der Waals surface area contributed by atoms with Gasteiger partial charge in [-0.05, 0) is 12.8 Å². The predicted molar refractivity (Wildman–Crippen MR) is 179 cm³/mol. The van der Waals surface area contributed by atoms with Crippen molar-refractivity contribution in [3.63, 3.8) is 0 Å². The number of carbonyl (C=O) groups excluding carboxylic acids is 8. The molecule has 0 saturated carbocycles. The van der Waals surface area contributed by atoms with Crippen LogP contribution in [-0.2, 0) is 38.4 Å². The highest BCUT2D eigenvalue weighted by Crippen LogP contribution is 2.14. The maximum Gasteiger partial charge on any atom is 0.243 e. The van der Waals surface area contributed by atoms with Crippen LogP contribution in [0.25, 0.3) is 0 Å². The zero-order valence-electron chi connectivity index (χ0n) is 27.8. The number of hydrogen-bond donors (Lipinski definition) is 6. The molecule has 18 heteroatoms. The maximum absolute atomic E-state index is 13.1. The average Bonchev–Trinajstić information content (AvgIpc) is 3.04. The fraction of sp³-hybridized carbons (Fsp3) is 0.724. The Morgan fingerprint density at radius 2 is 1.28 bits per heavy atom. The van der Waals surface area contributed by atoms with E-state index in [1.54, 1.807) is 27.7 Å². The Bertz CT molecular complexity index is 1140. The van der Waals surface area contributed by atoms with Crippen molar-refractivity contribution in [2.24, 2.45) is 11.7 Å². The lowest BCUT2D eigenvalue weighted by Crippen LogP contribution is -2.59. The van der Waals surface area contributed by atoms with Gasteiger partial charge in [-0.25, -0.2) is 0 Å². The van der Waals surface area contributed by atoms with E-state index in [1.807, 2.05) is 0 Å². The molecule has 266 valence electrons. The number of primary amides is 1. The van der Waals surface area contributed by atoms with Crippen molar-refractivity contribution >= 4 is 71.6 Å². The Balaban J connectivity index is 2.67. The van der Waals surface area contributed by atoms with Crippen LogP contribution in [0.15, 0.2) is 0 Å². The first-order valence-corrected chi connectivity index (χ1v) is 17.4. The van der Waals surface area contributed by atoms with Crippen LogP contribution in [0.4, 0.5) is 0 Å². The summed E-state index contributed by atoms with van der Waals surface area (Å²) in [6, 6.07) is -2.61. The number of carbonyl (C=O) groups is 8. The van der Waals surface area contributed by atoms with Crippen LogP contribution in [0.2, 0.25) is 0 Å². The lowest BCUT2D eigenvalue weighted by Gasteiger charge is -2.42. The van der Waals surface area contributed by atoms with Crippen LogP contribution in [0.1, 0.15) is 66.7 Å². The van der Waals surface area contributed by atoms with Crippen molar-refractivity contribution in [1.82, 2.24) is 36.0 Å². The molecule has 0 bridgehead atoms. The highest BCUT2D eigenvalue weighted by atomic mass is 32.2. The lowest BCUT2D eigenvalue weighted by atomic mass is 10.0. The monoisotopic (exact) mass is 702 g/mol. The molecule has 1 aliphatic rings. The van der Waals surface area contributed by atoms with Gasteiger partial charge in [0.25, 0.3) is 0 Å². The van der Waals surface area contributed by atoms with E-state index in [0.29, 0.717) is 11.5 Å². The fourth-order valence-electron chi connectivity index (χ4n) is 4.26. The maximum atomic E-state index is 13.1. The third-order valence-corrected chi connectivity index (χ3v) is 8.51. The number of amides is 8. The molecule has 0 aromatic heterocycles. The molecule has 1 rings (SSSR count). The van der Waals surface area contributed by atoms with Crippen molar-refractivity contribution < 1.29 is 38.4 Å². The van der Waals surface area contributed by atoms with Crippen LogP contribution in [-0.4, -0.2) is 124 Å². The van der Waals surface area contributed by atoms with E-state index < -0.39 is 41.8 Å². The standard InChI is InChI=1S/C29H50N8O8S2/c1-6-21(38)34-26(18(3)4)29(45)33-20(14-46)28(44)31-11-8-24(41)36-15-35(23(40)7-2)16-37(17-36)25(42)10-13-47-12-9-22(39)32-19(5)27(30)43/h18-20,26,46H,6-17H2,1-5H3,(H2,30,43)(H,31,44)(H,32,39)(H,33,45)(H,34,38)/t19-,20-,26-/m1/s1. The molecule has 1 aliphatic heterocycles. The zero-order valence-corrected chi connectivity index (χ0v) is 29.5. The highest BCUT2D eigenvalue weighted by molar-refractivity contribution is 7.99. The van der Waals surface area contributed by atoms with Crippen LogP contribution < -0.4 is 27.0 Å². The average molecular weight is 703 g/mol. The molecule has 0 aromatic carbocycles. The summed E-state index contributed by atoms with van der Waals surface area (Å²) in [7, 11) is 0. The second kappa shape index (κ2) is 21.4. The second-order valence-electron chi connectivity index (χ2n) is 11.3. The first-order valence-electron chi connectivity index (χ1n) is 15.6. The number of nitrogens with one attached hydrogen (secondary N) is 4. The SMILES string of the molecule is CCC(=O)N[C@@H](C(=O)N[C@H](CS)C(=O)NCCC(=O)N1CN(C(=O)CC)CN(C(=O)CCSCCC(=O)N[C@H](C)C(N)=O)C1)C(C)C. The largest absolute Gasteiger partial charge is 0.368 e. The Morgan fingerprint density at radius 3 is 1.79 bits per heavy atom. The summed E-state index contributed by atoms with van der Waals surface area (Å²) < 4.78 is 0. The van der Waals surface area contributed by atoms with E-state index in [4.69, 9.17) is 5.73 Å². The third kappa shape index (κ3) is 14.8. The van der Waals surface area contributed by atoms with E-state index >= 15 is 0 Å². The van der Waals surface area contributed by atoms with E-state index in [1.165, 1.54) is 33.4 Å². The van der Waals surface area contributed by atoms with Crippen molar-refractivity contribution in [3.8, 4) is 0 Å². The summed E-state index contributed by atoms with van der Waals surface area (Å²) in [5, 5.41) is 10.3. The Kier molecular flexibility index (Phi) is 18.8. The summed E-state index contributed by atoms with van der Waals surface area (Å²) in [6.45, 7) is 8.30. The van der Waals surface area contributed by atoms with Gasteiger partial charge in [0, 0.05) is 55.9 Å². The van der Waals surface area contributed by atoms with Gasteiger partial charge in [0.15, 0.2) is 0 Å². The third-order valence-electron chi connectivity index (χ3n) is 7.16. The molecule has 8 amide bonds. The van der Waals surface area contributed by atoms with Crippen LogP contribution >= 0.6 is 24.4 Å².